The molecule has 2 aromatic carbocycles. The number of para-hydroxylation sites is 1. The lowest BCUT2D eigenvalue weighted by Crippen LogP contribution is -2.41. The maximum Gasteiger partial charge on any atom is 0.416 e. The summed E-state index contributed by atoms with van der Waals surface area (Å²) in [6.45, 7) is -0.103. The van der Waals surface area contributed by atoms with Gasteiger partial charge in [-0.05, 0) is 43.2 Å². The number of carbonyl (C=O) groups is 1. The molecule has 12 heteroatoms. The second-order valence-electron chi connectivity index (χ2n) is 7.07. The maximum absolute atomic E-state index is 12.9. The Hall–Kier alpha value is -2.18. The number of nitrogens with one attached hydrogen (secondary N) is 1. The number of benzene rings is 2. The molecule has 0 saturated carbocycles. The van der Waals surface area contributed by atoms with Crippen LogP contribution in [-0.4, -0.2) is 37.5 Å². The Balaban J connectivity index is 1.66. The highest BCUT2D eigenvalue weighted by Crippen LogP contribution is 2.34. The van der Waals surface area contributed by atoms with Gasteiger partial charge in [0.2, 0.25) is 15.9 Å². The van der Waals surface area contributed by atoms with E-state index in [2.05, 4.69) is 5.32 Å². The topological polar surface area (TPSA) is 66.5 Å². The van der Waals surface area contributed by atoms with Crippen molar-refractivity contribution in [2.75, 3.05) is 18.4 Å². The number of hydrogen-bond donors (Lipinski definition) is 1. The fourth-order valence-electron chi connectivity index (χ4n) is 3.34. The van der Waals surface area contributed by atoms with E-state index >= 15 is 0 Å². The molecule has 1 aliphatic heterocycles. The van der Waals surface area contributed by atoms with Crippen LogP contribution in [0.3, 0.4) is 0 Å². The molecule has 1 fully saturated rings. The van der Waals surface area contributed by atoms with E-state index < -0.39 is 44.2 Å². The van der Waals surface area contributed by atoms with Crippen LogP contribution in [0.15, 0.2) is 58.3 Å². The van der Waals surface area contributed by atoms with Gasteiger partial charge in [-0.15, -0.1) is 0 Å². The second kappa shape index (κ2) is 9.75. The average molecular weight is 495 g/mol. The zero-order valence-electron chi connectivity index (χ0n) is 16.5. The minimum absolute atomic E-state index is 0.0515. The highest BCUT2D eigenvalue weighted by atomic mass is 32.2. The van der Waals surface area contributed by atoms with Crippen molar-refractivity contribution in [2.45, 2.75) is 34.6 Å². The largest absolute Gasteiger partial charge is 0.416 e. The number of amides is 1. The van der Waals surface area contributed by atoms with Crippen LogP contribution in [0.25, 0.3) is 0 Å². The summed E-state index contributed by atoms with van der Waals surface area (Å²) in [4.78, 5) is 12.3. The monoisotopic (exact) mass is 494 g/mol. The van der Waals surface area contributed by atoms with E-state index in [0.717, 1.165) is 22.5 Å². The summed E-state index contributed by atoms with van der Waals surface area (Å²) in [5.41, 5.74) is -0.824. The molecule has 0 spiro atoms. The van der Waals surface area contributed by atoms with Gasteiger partial charge in [-0.3, -0.25) is 4.79 Å². The van der Waals surface area contributed by atoms with E-state index in [0.29, 0.717) is 17.8 Å². The molecule has 0 atom stereocenters. The van der Waals surface area contributed by atoms with Crippen LogP contribution in [0.5, 0.6) is 0 Å². The molecule has 5 nitrogen and oxygen atoms in total. The molecule has 1 saturated heterocycles. The number of anilines is 1. The summed E-state index contributed by atoms with van der Waals surface area (Å²) in [5, 5.41) is 2.61. The van der Waals surface area contributed by atoms with Crippen LogP contribution < -0.4 is 5.32 Å². The van der Waals surface area contributed by atoms with Gasteiger partial charge in [-0.1, -0.05) is 30.0 Å². The predicted molar refractivity (Wildman–Crippen MR) is 110 cm³/mol. The molecule has 1 N–H and O–H groups in total. The Morgan fingerprint density at radius 1 is 1.06 bits per heavy atom. The quantitative estimate of drug-likeness (QED) is 0.451. The summed E-state index contributed by atoms with van der Waals surface area (Å²) >= 11 is 0.302. The van der Waals surface area contributed by atoms with E-state index in [4.69, 9.17) is 0 Å². The van der Waals surface area contributed by atoms with Crippen molar-refractivity contribution in [3.63, 3.8) is 0 Å². The molecule has 0 radical (unpaired) electrons. The zero-order valence-corrected chi connectivity index (χ0v) is 18.1. The van der Waals surface area contributed by atoms with Gasteiger partial charge in [0, 0.05) is 23.9 Å². The maximum atomic E-state index is 12.9. The minimum atomic E-state index is -4.67. The van der Waals surface area contributed by atoms with E-state index in [9.17, 15) is 35.2 Å². The van der Waals surface area contributed by atoms with Gasteiger partial charge in [0.25, 0.3) is 5.76 Å². The first-order valence-corrected chi connectivity index (χ1v) is 11.8. The van der Waals surface area contributed by atoms with Gasteiger partial charge < -0.3 is 5.32 Å². The van der Waals surface area contributed by atoms with E-state index in [1.807, 2.05) is 0 Å². The molecular weight excluding hydrogens is 475 g/mol. The van der Waals surface area contributed by atoms with Gasteiger partial charge in [0.15, 0.2) is 0 Å². The van der Waals surface area contributed by atoms with Crippen molar-refractivity contribution in [3.05, 3.63) is 54.1 Å². The molecule has 3 rings (SSSR count). The van der Waals surface area contributed by atoms with E-state index in [-0.39, 0.29) is 36.5 Å². The Kier molecular flexibility index (Phi) is 7.46. The lowest BCUT2D eigenvalue weighted by molar-refractivity contribution is -0.137. The first kappa shape index (κ1) is 24.5. The highest BCUT2D eigenvalue weighted by molar-refractivity contribution is 7.99. The second-order valence-corrected chi connectivity index (χ2v) is 10.0. The summed E-state index contributed by atoms with van der Waals surface area (Å²) in [6.07, 6.45) is -4.38. The van der Waals surface area contributed by atoms with E-state index in [1.54, 1.807) is 12.1 Å². The number of hydrogen-bond acceptors (Lipinski definition) is 4. The van der Waals surface area contributed by atoms with Gasteiger partial charge in [-0.25, -0.2) is 8.42 Å². The molecular formula is C20H19F5N2O3S2. The zero-order chi connectivity index (χ0) is 23.5. The Labute approximate surface area is 186 Å². The van der Waals surface area contributed by atoms with Gasteiger partial charge in [0.1, 0.15) is 0 Å². The number of rotatable bonds is 6. The minimum Gasteiger partial charge on any atom is -0.325 e. The number of nitrogens with zero attached hydrogens (tertiary/aromatic N) is 1. The number of sulfonamides is 1. The molecule has 0 unspecified atom stereocenters. The Morgan fingerprint density at radius 2 is 1.72 bits per heavy atom. The molecule has 0 aromatic heterocycles. The van der Waals surface area contributed by atoms with Gasteiger partial charge in [0.05, 0.1) is 16.1 Å². The summed E-state index contributed by atoms with van der Waals surface area (Å²) in [6, 6.07) is 9.62. The van der Waals surface area contributed by atoms with Gasteiger partial charge >= 0.3 is 6.18 Å². The number of carbonyl (C=O) groups excluding carboxylic acids is 1. The van der Waals surface area contributed by atoms with Crippen molar-refractivity contribution < 1.29 is 35.2 Å². The van der Waals surface area contributed by atoms with Crippen LogP contribution in [0.2, 0.25) is 0 Å². The Bertz CT molecular complexity index is 1070. The fourth-order valence-corrected chi connectivity index (χ4v) is 5.45. The normalized spacial score (nSPS) is 16.3. The highest BCUT2D eigenvalue weighted by Gasteiger charge is 2.35. The number of piperidine rings is 1. The summed E-state index contributed by atoms with van der Waals surface area (Å²) < 4.78 is 90.7. The molecule has 1 heterocycles. The molecule has 174 valence electrons. The molecule has 1 amide bonds. The summed E-state index contributed by atoms with van der Waals surface area (Å²) in [7, 11) is -4.16. The number of thioether (sulfide) groups is 1. The van der Waals surface area contributed by atoms with Crippen LogP contribution in [0.4, 0.5) is 27.6 Å². The third-order valence-electron chi connectivity index (χ3n) is 4.98. The van der Waals surface area contributed by atoms with Crippen LogP contribution in [0, 0.1) is 5.92 Å². The lowest BCUT2D eigenvalue weighted by atomic mass is 9.97. The van der Waals surface area contributed by atoms with Crippen LogP contribution in [-0.2, 0) is 21.0 Å². The van der Waals surface area contributed by atoms with Crippen LogP contribution >= 0.6 is 11.8 Å². The average Bonchev–Trinajstić information content (AvgIpc) is 2.74. The van der Waals surface area contributed by atoms with Crippen molar-refractivity contribution in [1.29, 1.82) is 0 Å². The molecule has 1 aliphatic rings. The van der Waals surface area contributed by atoms with Crippen molar-refractivity contribution in [3.8, 4) is 0 Å². The molecule has 0 aliphatic carbocycles. The third kappa shape index (κ3) is 5.78. The Morgan fingerprint density at radius 3 is 2.34 bits per heavy atom. The summed E-state index contributed by atoms with van der Waals surface area (Å²) in [5.74, 6) is -3.65. The smallest absolute Gasteiger partial charge is 0.325 e. The van der Waals surface area contributed by atoms with Crippen molar-refractivity contribution in [1.82, 2.24) is 4.31 Å². The van der Waals surface area contributed by atoms with E-state index in [1.165, 1.54) is 12.1 Å². The molecule has 2 aromatic rings. The first-order valence-electron chi connectivity index (χ1n) is 9.50. The van der Waals surface area contributed by atoms with Gasteiger partial charge in [-0.2, -0.15) is 26.3 Å². The lowest BCUT2D eigenvalue weighted by Gasteiger charge is -2.30. The molecule has 0 bridgehead atoms. The standard InChI is InChI=1S/C20H19F5N2O3S2/c21-19(22)31-17-7-2-1-6-16(17)26-18(28)13-8-10-27(11-9-13)32(29,30)15-5-3-4-14(12-15)20(23,24)25/h1-7,12-13,19H,8-11H2,(H,26,28). The third-order valence-corrected chi connectivity index (χ3v) is 7.67. The SMILES string of the molecule is O=C(Nc1ccccc1SC(F)F)C1CCN(S(=O)(=O)c2cccc(C(F)(F)F)c2)CC1. The van der Waals surface area contributed by atoms with Crippen molar-refractivity contribution in [2.24, 2.45) is 5.92 Å². The predicted octanol–water partition coefficient (Wildman–Crippen LogP) is 5.06. The fraction of sp³-hybridized carbons (Fsp3) is 0.350. The number of halogens is 5. The van der Waals surface area contributed by atoms with Crippen molar-refractivity contribution >= 4 is 33.4 Å². The number of alkyl halides is 5. The van der Waals surface area contributed by atoms with Crippen LogP contribution in [0.1, 0.15) is 18.4 Å². The first-order chi connectivity index (χ1) is 15.0. The molecule has 32 heavy (non-hydrogen) atoms.